The monoisotopic (exact) mass is 458 g/mol. The van der Waals surface area contributed by atoms with Gasteiger partial charge in [-0.25, -0.2) is 4.68 Å². The summed E-state index contributed by atoms with van der Waals surface area (Å²) in [6.45, 7) is 12.7. The van der Waals surface area contributed by atoms with E-state index < -0.39 is 0 Å². The molecule has 0 unspecified atom stereocenters. The number of carbonyl (C=O) groups excluding carboxylic acids is 1. The second-order valence-corrected chi connectivity index (χ2v) is 10.1. The Balaban J connectivity index is 1.31. The molecule has 5 rings (SSSR count). The van der Waals surface area contributed by atoms with E-state index >= 15 is 0 Å². The van der Waals surface area contributed by atoms with Gasteiger partial charge in [-0.3, -0.25) is 9.69 Å². The minimum atomic E-state index is 0.137. The zero-order valence-corrected chi connectivity index (χ0v) is 20.6. The second kappa shape index (κ2) is 8.76. The number of benzene rings is 2. The van der Waals surface area contributed by atoms with E-state index in [0.29, 0.717) is 0 Å². The van der Waals surface area contributed by atoms with Gasteiger partial charge in [0.2, 0.25) is 0 Å². The number of thiophene rings is 1. The van der Waals surface area contributed by atoms with E-state index in [0.717, 1.165) is 59.2 Å². The Labute approximate surface area is 199 Å². The first kappa shape index (κ1) is 21.9. The van der Waals surface area contributed by atoms with E-state index in [1.165, 1.54) is 22.3 Å². The maximum atomic E-state index is 13.3. The van der Waals surface area contributed by atoms with Gasteiger partial charge in [0.1, 0.15) is 4.83 Å². The maximum Gasteiger partial charge on any atom is 0.264 e. The molecule has 0 saturated carbocycles. The SMILES string of the molecule is Cc1ccc(CN2CCN(C(=O)c3cc4c(C)nn(-c5ccccc5C)c4s3)CC2)c(C)c1. The van der Waals surface area contributed by atoms with Gasteiger partial charge in [0.15, 0.2) is 0 Å². The summed E-state index contributed by atoms with van der Waals surface area (Å²) in [6.07, 6.45) is 0. The third-order valence-electron chi connectivity index (χ3n) is 6.65. The molecule has 33 heavy (non-hydrogen) atoms. The molecule has 0 spiro atoms. The minimum Gasteiger partial charge on any atom is -0.335 e. The molecule has 0 aliphatic carbocycles. The molecule has 170 valence electrons. The van der Waals surface area contributed by atoms with Gasteiger partial charge in [-0.05, 0) is 56.5 Å². The van der Waals surface area contributed by atoms with E-state index in [1.54, 1.807) is 11.3 Å². The first-order valence-corrected chi connectivity index (χ1v) is 12.4. The number of rotatable bonds is 4. The van der Waals surface area contributed by atoms with Crippen molar-refractivity contribution in [2.24, 2.45) is 0 Å². The van der Waals surface area contributed by atoms with Crippen LogP contribution in [0.15, 0.2) is 48.5 Å². The van der Waals surface area contributed by atoms with E-state index in [4.69, 9.17) is 5.10 Å². The molecule has 4 aromatic rings. The first-order valence-electron chi connectivity index (χ1n) is 11.5. The van der Waals surface area contributed by atoms with Crippen LogP contribution in [0.2, 0.25) is 0 Å². The molecular formula is C27H30N4OS. The van der Waals surface area contributed by atoms with Gasteiger partial charge in [0.05, 0.1) is 16.3 Å². The Morgan fingerprint density at radius 2 is 1.70 bits per heavy atom. The van der Waals surface area contributed by atoms with E-state index in [9.17, 15) is 4.79 Å². The third-order valence-corrected chi connectivity index (χ3v) is 7.75. The standard InChI is InChI=1S/C27H30N4OS/c1-18-9-10-22(20(3)15-18)17-29-11-13-30(14-12-29)26(32)25-16-23-21(4)28-31(27(23)33-25)24-8-6-5-7-19(24)2/h5-10,15-16H,11-14,17H2,1-4H3. The van der Waals surface area contributed by atoms with Crippen molar-refractivity contribution < 1.29 is 4.79 Å². The van der Waals surface area contributed by atoms with Crippen LogP contribution < -0.4 is 0 Å². The quantitative estimate of drug-likeness (QED) is 0.418. The summed E-state index contributed by atoms with van der Waals surface area (Å²) in [4.78, 5) is 19.6. The molecule has 2 aromatic heterocycles. The topological polar surface area (TPSA) is 41.4 Å². The van der Waals surface area contributed by atoms with Crippen molar-refractivity contribution in [2.75, 3.05) is 26.2 Å². The number of aryl methyl sites for hydroxylation is 4. The normalized spacial score (nSPS) is 14.8. The van der Waals surface area contributed by atoms with Crippen molar-refractivity contribution in [3.63, 3.8) is 0 Å². The summed E-state index contributed by atoms with van der Waals surface area (Å²) >= 11 is 1.55. The Morgan fingerprint density at radius 3 is 2.42 bits per heavy atom. The smallest absolute Gasteiger partial charge is 0.264 e. The van der Waals surface area contributed by atoms with Crippen LogP contribution in [-0.2, 0) is 6.54 Å². The van der Waals surface area contributed by atoms with Gasteiger partial charge in [0.25, 0.3) is 5.91 Å². The second-order valence-electron chi connectivity index (χ2n) is 9.11. The Morgan fingerprint density at radius 1 is 0.939 bits per heavy atom. The summed E-state index contributed by atoms with van der Waals surface area (Å²) in [5.74, 6) is 0.137. The van der Waals surface area contributed by atoms with Crippen molar-refractivity contribution in [3.8, 4) is 5.69 Å². The van der Waals surface area contributed by atoms with Crippen LogP contribution in [0.1, 0.15) is 37.6 Å². The van der Waals surface area contributed by atoms with Gasteiger partial charge >= 0.3 is 0 Å². The molecule has 1 aliphatic rings. The fraction of sp³-hybridized carbons (Fsp3) is 0.333. The molecule has 6 heteroatoms. The molecular weight excluding hydrogens is 428 g/mol. The lowest BCUT2D eigenvalue weighted by atomic mass is 10.1. The predicted octanol–water partition coefficient (Wildman–Crippen LogP) is 5.28. The Hall–Kier alpha value is -2.96. The number of hydrogen-bond acceptors (Lipinski definition) is 4. The highest BCUT2D eigenvalue weighted by molar-refractivity contribution is 7.20. The van der Waals surface area contributed by atoms with Crippen molar-refractivity contribution in [1.29, 1.82) is 0 Å². The van der Waals surface area contributed by atoms with Crippen LogP contribution in [0.4, 0.5) is 0 Å². The number of para-hydroxylation sites is 1. The van der Waals surface area contributed by atoms with Crippen LogP contribution >= 0.6 is 11.3 Å². The van der Waals surface area contributed by atoms with Crippen LogP contribution in [0.25, 0.3) is 15.9 Å². The molecule has 0 bridgehead atoms. The Kier molecular flexibility index (Phi) is 5.81. The largest absolute Gasteiger partial charge is 0.335 e. The number of piperazine rings is 1. The number of carbonyl (C=O) groups is 1. The fourth-order valence-electron chi connectivity index (χ4n) is 4.65. The molecule has 5 nitrogen and oxygen atoms in total. The molecule has 0 radical (unpaired) electrons. The van der Waals surface area contributed by atoms with E-state index in [-0.39, 0.29) is 5.91 Å². The Bertz CT molecular complexity index is 1330. The minimum absolute atomic E-state index is 0.137. The maximum absolute atomic E-state index is 13.3. The molecule has 2 aromatic carbocycles. The summed E-state index contributed by atoms with van der Waals surface area (Å²) in [5, 5.41) is 5.82. The van der Waals surface area contributed by atoms with Crippen LogP contribution in [0, 0.1) is 27.7 Å². The highest BCUT2D eigenvalue weighted by atomic mass is 32.1. The molecule has 1 fully saturated rings. The van der Waals surface area contributed by atoms with Crippen LogP contribution in [0.3, 0.4) is 0 Å². The van der Waals surface area contributed by atoms with E-state index in [2.05, 4.69) is 56.0 Å². The van der Waals surface area contributed by atoms with Crippen LogP contribution in [0.5, 0.6) is 0 Å². The lowest BCUT2D eigenvalue weighted by molar-refractivity contribution is 0.0633. The number of fused-ring (bicyclic) bond motifs is 1. The summed E-state index contributed by atoms with van der Waals surface area (Å²) in [6, 6.07) is 16.9. The predicted molar refractivity (Wildman–Crippen MR) is 136 cm³/mol. The fourth-order valence-corrected chi connectivity index (χ4v) is 5.79. The summed E-state index contributed by atoms with van der Waals surface area (Å²) in [5.41, 5.74) is 7.22. The summed E-state index contributed by atoms with van der Waals surface area (Å²) in [7, 11) is 0. The van der Waals surface area contributed by atoms with Crippen molar-refractivity contribution >= 4 is 27.5 Å². The molecule has 0 N–H and O–H groups in total. The number of hydrogen-bond donors (Lipinski definition) is 0. The zero-order valence-electron chi connectivity index (χ0n) is 19.8. The molecule has 1 aliphatic heterocycles. The van der Waals surface area contributed by atoms with Crippen molar-refractivity contribution in [3.05, 3.63) is 81.4 Å². The summed E-state index contributed by atoms with van der Waals surface area (Å²) < 4.78 is 1.99. The highest BCUT2D eigenvalue weighted by Crippen LogP contribution is 2.32. The molecule has 1 amide bonds. The van der Waals surface area contributed by atoms with Crippen molar-refractivity contribution in [1.82, 2.24) is 19.6 Å². The molecule has 1 saturated heterocycles. The van der Waals surface area contributed by atoms with Gasteiger partial charge in [0, 0.05) is 38.1 Å². The van der Waals surface area contributed by atoms with Gasteiger partial charge in [-0.15, -0.1) is 11.3 Å². The van der Waals surface area contributed by atoms with Gasteiger partial charge in [-0.1, -0.05) is 42.0 Å². The highest BCUT2D eigenvalue weighted by Gasteiger charge is 2.25. The lowest BCUT2D eigenvalue weighted by Gasteiger charge is -2.34. The average Bonchev–Trinajstić information content (AvgIpc) is 3.37. The third kappa shape index (κ3) is 4.21. The van der Waals surface area contributed by atoms with Gasteiger partial charge in [-0.2, -0.15) is 5.10 Å². The number of amides is 1. The van der Waals surface area contributed by atoms with Crippen molar-refractivity contribution in [2.45, 2.75) is 34.2 Å². The first-order chi connectivity index (χ1) is 15.9. The molecule has 0 atom stereocenters. The van der Waals surface area contributed by atoms with E-state index in [1.807, 2.05) is 34.7 Å². The number of aromatic nitrogens is 2. The van der Waals surface area contributed by atoms with Gasteiger partial charge < -0.3 is 4.90 Å². The zero-order chi connectivity index (χ0) is 23.1. The average molecular weight is 459 g/mol. The number of nitrogens with zero attached hydrogens (tertiary/aromatic N) is 4. The van der Waals surface area contributed by atoms with Crippen LogP contribution in [-0.4, -0.2) is 51.7 Å². The molecule has 3 heterocycles. The lowest BCUT2D eigenvalue weighted by Crippen LogP contribution is -2.48.